The molecule has 1 atom stereocenters. The van der Waals surface area contributed by atoms with Crippen LogP contribution in [0.3, 0.4) is 0 Å². The van der Waals surface area contributed by atoms with Gasteiger partial charge in [-0.1, -0.05) is 19.1 Å². The number of thiocarbonyl (C=S) groups is 1. The fourth-order valence-corrected chi connectivity index (χ4v) is 5.40. The van der Waals surface area contributed by atoms with Crippen molar-refractivity contribution in [3.63, 3.8) is 0 Å². The van der Waals surface area contributed by atoms with Crippen LogP contribution in [-0.4, -0.2) is 29.0 Å². The number of carbonyl (C=O) groups excluding carboxylic acids is 2. The molecular weight excluding hydrogens is 430 g/mol. The smallest absolute Gasteiger partial charge is 0.270 e. The highest BCUT2D eigenvalue weighted by molar-refractivity contribution is 7.80. The van der Waals surface area contributed by atoms with Gasteiger partial charge in [0.25, 0.3) is 11.8 Å². The largest absolute Gasteiger partial charge is 0.366 e. The average molecular weight is 462 g/mol. The first-order valence-electron chi connectivity index (χ1n) is 11.4. The third kappa shape index (κ3) is 4.08. The van der Waals surface area contributed by atoms with Gasteiger partial charge in [0.1, 0.15) is 5.57 Å². The monoisotopic (exact) mass is 461 g/mol. The molecule has 2 amide bonds. The van der Waals surface area contributed by atoms with E-state index in [-0.39, 0.29) is 16.2 Å². The standard InChI is InChI=1S/C27H31N3O2S/c1-7-29-23-11-9-19(13-21(23)18(4)15-27(29,5)6)14-22-24(31)28-26(33)30(25(22)32)20-10-8-16(2)17(3)12-20/h8-14,18H,7,15H2,1-6H3,(H,28,31,33)/b22-14-. The molecule has 1 N–H and O–H groups in total. The van der Waals surface area contributed by atoms with Gasteiger partial charge in [-0.3, -0.25) is 19.8 Å². The molecule has 33 heavy (non-hydrogen) atoms. The maximum atomic E-state index is 13.4. The topological polar surface area (TPSA) is 52.7 Å². The minimum atomic E-state index is -0.466. The van der Waals surface area contributed by atoms with Gasteiger partial charge >= 0.3 is 0 Å². The molecule has 1 fully saturated rings. The molecule has 0 radical (unpaired) electrons. The highest BCUT2D eigenvalue weighted by atomic mass is 32.1. The van der Waals surface area contributed by atoms with E-state index in [1.807, 2.05) is 38.1 Å². The molecule has 4 rings (SSSR count). The quantitative estimate of drug-likeness (QED) is 0.386. The number of nitrogens with zero attached hydrogens (tertiary/aromatic N) is 2. The Bertz CT molecular complexity index is 1200. The number of anilines is 2. The predicted octanol–water partition coefficient (Wildman–Crippen LogP) is 5.25. The lowest BCUT2D eigenvalue weighted by Crippen LogP contribution is -2.54. The number of nitrogens with one attached hydrogen (secondary N) is 1. The van der Waals surface area contributed by atoms with Crippen LogP contribution in [0, 0.1) is 13.8 Å². The third-order valence-electron chi connectivity index (χ3n) is 6.89. The van der Waals surface area contributed by atoms with Crippen molar-refractivity contribution in [2.24, 2.45) is 0 Å². The zero-order valence-corrected chi connectivity index (χ0v) is 21.0. The van der Waals surface area contributed by atoms with E-state index >= 15 is 0 Å². The summed E-state index contributed by atoms with van der Waals surface area (Å²) < 4.78 is 0. The average Bonchev–Trinajstić information content (AvgIpc) is 2.73. The maximum absolute atomic E-state index is 13.4. The number of carbonyl (C=O) groups is 2. The molecule has 172 valence electrons. The van der Waals surface area contributed by atoms with Gasteiger partial charge in [-0.2, -0.15) is 0 Å². The van der Waals surface area contributed by atoms with Crippen molar-refractivity contribution >= 4 is 46.6 Å². The molecule has 6 heteroatoms. The number of rotatable bonds is 3. The molecule has 0 bridgehead atoms. The van der Waals surface area contributed by atoms with Crippen LogP contribution < -0.4 is 15.1 Å². The molecule has 2 aromatic rings. The zero-order chi connectivity index (χ0) is 24.1. The van der Waals surface area contributed by atoms with Crippen molar-refractivity contribution in [2.75, 3.05) is 16.3 Å². The highest BCUT2D eigenvalue weighted by Crippen LogP contribution is 2.43. The Hall–Kier alpha value is -2.99. The van der Waals surface area contributed by atoms with E-state index in [4.69, 9.17) is 12.2 Å². The van der Waals surface area contributed by atoms with Crippen LogP contribution in [0.4, 0.5) is 11.4 Å². The lowest BCUT2D eigenvalue weighted by Gasteiger charge is -2.47. The summed E-state index contributed by atoms with van der Waals surface area (Å²) in [6, 6.07) is 11.9. The minimum absolute atomic E-state index is 0.0814. The van der Waals surface area contributed by atoms with Gasteiger partial charge in [0.05, 0.1) is 5.69 Å². The SMILES string of the molecule is CCN1c2ccc(/C=C3/C(=O)NC(=S)N(c4ccc(C)c(C)c4)C3=O)cc2C(C)CC1(C)C. The predicted molar refractivity (Wildman–Crippen MR) is 139 cm³/mol. The maximum Gasteiger partial charge on any atom is 0.270 e. The highest BCUT2D eigenvalue weighted by Gasteiger charge is 2.37. The number of hydrogen-bond donors (Lipinski definition) is 1. The Kier molecular flexibility index (Phi) is 5.91. The second-order valence-corrected chi connectivity index (χ2v) is 10.1. The Balaban J connectivity index is 1.73. The number of benzene rings is 2. The molecule has 2 aliphatic rings. The molecule has 0 saturated carbocycles. The van der Waals surface area contributed by atoms with Crippen molar-refractivity contribution in [1.29, 1.82) is 0 Å². The first kappa shape index (κ1) is 23.2. The number of hydrogen-bond acceptors (Lipinski definition) is 4. The van der Waals surface area contributed by atoms with Gasteiger partial charge in [0, 0.05) is 17.8 Å². The summed E-state index contributed by atoms with van der Waals surface area (Å²) in [6.45, 7) is 13.9. The second-order valence-electron chi connectivity index (χ2n) is 9.71. The fourth-order valence-electron chi connectivity index (χ4n) is 5.12. The van der Waals surface area contributed by atoms with E-state index in [9.17, 15) is 9.59 Å². The van der Waals surface area contributed by atoms with Crippen molar-refractivity contribution in [2.45, 2.75) is 59.4 Å². The Morgan fingerprint density at radius 1 is 1.12 bits per heavy atom. The first-order chi connectivity index (χ1) is 15.5. The molecule has 5 nitrogen and oxygen atoms in total. The van der Waals surface area contributed by atoms with Crippen molar-refractivity contribution < 1.29 is 9.59 Å². The van der Waals surface area contributed by atoms with Gasteiger partial charge in [-0.05, 0) is 112 Å². The lowest BCUT2D eigenvalue weighted by atomic mass is 9.79. The molecule has 2 aromatic carbocycles. The Morgan fingerprint density at radius 2 is 1.85 bits per heavy atom. The normalized spacial score (nSPS) is 21.3. The van der Waals surface area contributed by atoms with Gasteiger partial charge in [-0.25, -0.2) is 0 Å². The first-order valence-corrected chi connectivity index (χ1v) is 11.8. The van der Waals surface area contributed by atoms with Crippen LogP contribution >= 0.6 is 12.2 Å². The molecular formula is C27H31N3O2S. The minimum Gasteiger partial charge on any atom is -0.366 e. The van der Waals surface area contributed by atoms with E-state index in [2.05, 4.69) is 50.0 Å². The van der Waals surface area contributed by atoms with Crippen LogP contribution in [0.25, 0.3) is 6.08 Å². The van der Waals surface area contributed by atoms with Gasteiger partial charge in [0.2, 0.25) is 0 Å². The summed E-state index contributed by atoms with van der Waals surface area (Å²) in [6.07, 6.45) is 2.72. The summed E-state index contributed by atoms with van der Waals surface area (Å²) in [7, 11) is 0. The number of aryl methyl sites for hydroxylation is 2. The zero-order valence-electron chi connectivity index (χ0n) is 20.2. The van der Waals surface area contributed by atoms with Gasteiger partial charge in [-0.15, -0.1) is 0 Å². The van der Waals surface area contributed by atoms with Crippen LogP contribution in [-0.2, 0) is 9.59 Å². The molecule has 0 aromatic heterocycles. The van der Waals surface area contributed by atoms with Crippen molar-refractivity contribution in [1.82, 2.24) is 5.32 Å². The fraction of sp³-hybridized carbons (Fsp3) is 0.370. The molecule has 2 aliphatic heterocycles. The summed E-state index contributed by atoms with van der Waals surface area (Å²) >= 11 is 5.34. The third-order valence-corrected chi connectivity index (χ3v) is 7.17. The van der Waals surface area contributed by atoms with E-state index < -0.39 is 11.8 Å². The van der Waals surface area contributed by atoms with Crippen LogP contribution in [0.15, 0.2) is 42.0 Å². The molecule has 0 spiro atoms. The van der Waals surface area contributed by atoms with E-state index in [0.717, 1.165) is 29.7 Å². The number of amides is 2. The van der Waals surface area contributed by atoms with Gasteiger partial charge in [0.15, 0.2) is 5.11 Å². The van der Waals surface area contributed by atoms with Crippen LogP contribution in [0.2, 0.25) is 0 Å². The molecule has 1 saturated heterocycles. The molecule has 0 aliphatic carbocycles. The van der Waals surface area contributed by atoms with Gasteiger partial charge < -0.3 is 4.90 Å². The Labute approximate surface area is 201 Å². The van der Waals surface area contributed by atoms with Crippen molar-refractivity contribution in [3.05, 3.63) is 64.2 Å². The summed E-state index contributed by atoms with van der Waals surface area (Å²) in [5.74, 6) is -0.493. The van der Waals surface area contributed by atoms with E-state index in [1.54, 1.807) is 6.08 Å². The van der Waals surface area contributed by atoms with E-state index in [0.29, 0.717) is 11.6 Å². The number of fused-ring (bicyclic) bond motifs is 1. The van der Waals surface area contributed by atoms with E-state index in [1.165, 1.54) is 16.2 Å². The molecule has 1 unspecified atom stereocenters. The van der Waals surface area contributed by atoms with Crippen LogP contribution in [0.5, 0.6) is 0 Å². The summed E-state index contributed by atoms with van der Waals surface area (Å²) in [4.78, 5) is 29.9. The summed E-state index contributed by atoms with van der Waals surface area (Å²) in [5, 5.41) is 2.78. The summed E-state index contributed by atoms with van der Waals surface area (Å²) in [5.41, 5.74) is 6.30. The Morgan fingerprint density at radius 3 is 2.52 bits per heavy atom. The molecule has 2 heterocycles. The lowest BCUT2D eigenvalue weighted by molar-refractivity contribution is -0.122. The van der Waals surface area contributed by atoms with Crippen molar-refractivity contribution in [3.8, 4) is 0 Å². The van der Waals surface area contributed by atoms with Crippen LogP contribution in [0.1, 0.15) is 62.3 Å². The second kappa shape index (κ2) is 8.41.